The number of carbonyl (C=O) groups is 1. The summed E-state index contributed by atoms with van der Waals surface area (Å²) >= 11 is 0. The smallest absolute Gasteiger partial charge is 0.447 e. The minimum absolute atomic E-state index is 0.169. The van der Waals surface area contributed by atoms with E-state index in [4.69, 9.17) is 10.5 Å². The van der Waals surface area contributed by atoms with Crippen molar-refractivity contribution in [2.24, 2.45) is 15.7 Å². The molecule has 2 aromatic carbocycles. The van der Waals surface area contributed by atoms with Crippen LogP contribution in [0.15, 0.2) is 58.5 Å². The summed E-state index contributed by atoms with van der Waals surface area (Å²) in [5.41, 5.74) is 7.37. The van der Waals surface area contributed by atoms with Crippen LogP contribution in [0.4, 0.5) is 29.3 Å². The Labute approximate surface area is 165 Å². The second-order valence-corrected chi connectivity index (χ2v) is 5.96. The van der Waals surface area contributed by atoms with Crippen LogP contribution < -0.4 is 15.8 Å². The molecule has 10 heteroatoms. The summed E-state index contributed by atoms with van der Waals surface area (Å²) in [4.78, 5) is 19.5. The van der Waals surface area contributed by atoms with Gasteiger partial charge in [-0.15, -0.1) is 13.2 Å². The van der Waals surface area contributed by atoms with Crippen LogP contribution in [-0.4, -0.2) is 30.7 Å². The number of rotatable bonds is 6. The fourth-order valence-electron chi connectivity index (χ4n) is 2.05. The number of amides is 1. The van der Waals surface area contributed by atoms with E-state index in [0.717, 1.165) is 12.1 Å². The van der Waals surface area contributed by atoms with E-state index < -0.39 is 12.5 Å². The number of nitrogens with zero attached hydrogens (tertiary/aromatic N) is 2. The lowest BCUT2D eigenvalue weighted by molar-refractivity contribution is -0.274. The molecule has 1 amide bonds. The molecule has 0 aliphatic carbocycles. The van der Waals surface area contributed by atoms with Gasteiger partial charge < -0.3 is 15.2 Å². The largest absolute Gasteiger partial charge is 0.573 e. The van der Waals surface area contributed by atoms with Gasteiger partial charge in [-0.25, -0.2) is 14.8 Å². The fourth-order valence-corrected chi connectivity index (χ4v) is 2.05. The average Bonchev–Trinajstić information content (AvgIpc) is 2.61. The number of halogens is 3. The van der Waals surface area contributed by atoms with Gasteiger partial charge in [-0.2, -0.15) is 0 Å². The van der Waals surface area contributed by atoms with E-state index in [2.05, 4.69) is 20.0 Å². The van der Waals surface area contributed by atoms with Gasteiger partial charge in [0, 0.05) is 11.3 Å². The molecule has 0 radical (unpaired) electrons. The quantitative estimate of drug-likeness (QED) is 0.539. The molecule has 0 bridgehead atoms. The number of amidine groups is 1. The van der Waals surface area contributed by atoms with E-state index in [9.17, 15) is 18.0 Å². The van der Waals surface area contributed by atoms with Crippen molar-refractivity contribution >= 4 is 29.6 Å². The van der Waals surface area contributed by atoms with Crippen LogP contribution in [0, 0.1) is 0 Å². The zero-order valence-corrected chi connectivity index (χ0v) is 15.6. The maximum atomic E-state index is 12.1. The normalized spacial score (nSPS) is 12.3. The van der Waals surface area contributed by atoms with E-state index in [1.165, 1.54) is 18.5 Å². The first-order chi connectivity index (χ1) is 13.6. The van der Waals surface area contributed by atoms with Crippen LogP contribution in [-0.2, 0) is 4.74 Å². The van der Waals surface area contributed by atoms with Crippen LogP contribution in [0.25, 0.3) is 0 Å². The standard InChI is InChI=1S/C19H19F3N4O3/c1-12(2)28-18(27)26-15-5-3-13(4-6-15)17(23)25-11-24-14-7-9-16(10-8-14)29-19(20,21)22/h3-12H,1-2H3,(H,26,27)(H2,23,24,25). The van der Waals surface area contributed by atoms with Crippen LogP contribution in [0.2, 0.25) is 0 Å². The van der Waals surface area contributed by atoms with E-state index >= 15 is 0 Å². The molecule has 3 N–H and O–H groups in total. The van der Waals surface area contributed by atoms with Gasteiger partial charge in [0.25, 0.3) is 0 Å². The second kappa shape index (κ2) is 9.58. The van der Waals surface area contributed by atoms with Crippen LogP contribution >= 0.6 is 0 Å². The van der Waals surface area contributed by atoms with Crippen molar-refractivity contribution < 1.29 is 27.4 Å². The number of benzene rings is 2. The topological polar surface area (TPSA) is 98.3 Å². The molecule has 0 aromatic heterocycles. The van der Waals surface area contributed by atoms with Crippen molar-refractivity contribution in [3.63, 3.8) is 0 Å². The minimum Gasteiger partial charge on any atom is -0.447 e. The number of nitrogens with one attached hydrogen (secondary N) is 1. The zero-order chi connectivity index (χ0) is 21.4. The number of alkyl halides is 3. The molecule has 0 fully saturated rings. The first kappa shape index (κ1) is 21.7. The van der Waals surface area contributed by atoms with Gasteiger partial charge in [0.1, 0.15) is 17.9 Å². The predicted octanol–water partition coefficient (Wildman–Crippen LogP) is 4.61. The zero-order valence-electron chi connectivity index (χ0n) is 15.6. The number of hydrogen-bond acceptors (Lipinski definition) is 4. The molecular formula is C19H19F3N4O3. The molecule has 154 valence electrons. The van der Waals surface area contributed by atoms with Gasteiger partial charge in [0.15, 0.2) is 0 Å². The van der Waals surface area contributed by atoms with Gasteiger partial charge in [-0.3, -0.25) is 5.32 Å². The highest BCUT2D eigenvalue weighted by Gasteiger charge is 2.30. The lowest BCUT2D eigenvalue weighted by atomic mass is 10.2. The Hall–Kier alpha value is -3.56. The third-order valence-electron chi connectivity index (χ3n) is 3.24. The Morgan fingerprint density at radius 2 is 1.72 bits per heavy atom. The van der Waals surface area contributed by atoms with Crippen molar-refractivity contribution in [2.45, 2.75) is 26.3 Å². The van der Waals surface area contributed by atoms with Gasteiger partial charge in [0.2, 0.25) is 0 Å². The highest BCUT2D eigenvalue weighted by molar-refractivity contribution is 6.01. The van der Waals surface area contributed by atoms with Crippen molar-refractivity contribution in [1.29, 1.82) is 0 Å². The summed E-state index contributed by atoms with van der Waals surface area (Å²) in [6, 6.07) is 11.6. The number of ether oxygens (including phenoxy) is 2. The molecule has 0 aliphatic heterocycles. The van der Waals surface area contributed by atoms with Crippen molar-refractivity contribution in [3.8, 4) is 5.75 Å². The number of aliphatic imine (C=N–C) groups is 2. The summed E-state index contributed by atoms with van der Waals surface area (Å²) in [6.07, 6.45) is -4.36. The molecule has 0 spiro atoms. The number of hydrogen-bond donors (Lipinski definition) is 2. The van der Waals surface area contributed by atoms with E-state index in [0.29, 0.717) is 16.9 Å². The lowest BCUT2D eigenvalue weighted by Crippen LogP contribution is -2.18. The van der Waals surface area contributed by atoms with E-state index in [1.54, 1.807) is 38.1 Å². The Morgan fingerprint density at radius 1 is 1.10 bits per heavy atom. The highest BCUT2D eigenvalue weighted by Crippen LogP contribution is 2.24. The van der Waals surface area contributed by atoms with Gasteiger partial charge in [0.05, 0.1) is 11.8 Å². The molecular weight excluding hydrogens is 389 g/mol. The summed E-state index contributed by atoms with van der Waals surface area (Å²) in [5.74, 6) is -0.174. The molecule has 0 heterocycles. The first-order valence-electron chi connectivity index (χ1n) is 8.42. The lowest BCUT2D eigenvalue weighted by Gasteiger charge is -2.09. The molecule has 0 saturated carbocycles. The SMILES string of the molecule is CC(C)OC(=O)Nc1ccc(C(N)=NC=Nc2ccc(OC(F)(F)F)cc2)cc1. The molecule has 7 nitrogen and oxygen atoms in total. The van der Waals surface area contributed by atoms with Crippen molar-refractivity contribution in [2.75, 3.05) is 5.32 Å². The Balaban J connectivity index is 1.96. The van der Waals surface area contributed by atoms with Crippen LogP contribution in [0.3, 0.4) is 0 Å². The molecule has 0 unspecified atom stereocenters. The summed E-state index contributed by atoms with van der Waals surface area (Å²) in [6.45, 7) is 3.48. The van der Waals surface area contributed by atoms with Crippen LogP contribution in [0.5, 0.6) is 5.75 Å². The van der Waals surface area contributed by atoms with Crippen LogP contribution in [0.1, 0.15) is 19.4 Å². The number of nitrogens with two attached hydrogens (primary N) is 1. The summed E-state index contributed by atoms with van der Waals surface area (Å²) < 4.78 is 45.1. The average molecular weight is 408 g/mol. The number of carbonyl (C=O) groups excluding carboxylic acids is 1. The molecule has 2 aromatic rings. The first-order valence-corrected chi connectivity index (χ1v) is 8.42. The van der Waals surface area contributed by atoms with Crippen molar-refractivity contribution in [1.82, 2.24) is 0 Å². The summed E-state index contributed by atoms with van der Waals surface area (Å²) in [7, 11) is 0. The monoisotopic (exact) mass is 408 g/mol. The highest BCUT2D eigenvalue weighted by atomic mass is 19.4. The Kier molecular flexibility index (Phi) is 7.18. The number of anilines is 1. The molecule has 0 atom stereocenters. The molecule has 0 aliphatic rings. The molecule has 0 saturated heterocycles. The molecule has 2 rings (SSSR count). The maximum absolute atomic E-state index is 12.1. The fraction of sp³-hybridized carbons (Fsp3) is 0.211. The van der Waals surface area contributed by atoms with Crippen molar-refractivity contribution in [3.05, 3.63) is 54.1 Å². The Bertz CT molecular complexity index is 877. The second-order valence-electron chi connectivity index (χ2n) is 5.96. The van der Waals surface area contributed by atoms with E-state index in [-0.39, 0.29) is 17.7 Å². The molecule has 29 heavy (non-hydrogen) atoms. The predicted molar refractivity (Wildman–Crippen MR) is 104 cm³/mol. The van der Waals surface area contributed by atoms with Gasteiger partial charge in [-0.1, -0.05) is 0 Å². The summed E-state index contributed by atoms with van der Waals surface area (Å²) in [5, 5.41) is 2.57. The van der Waals surface area contributed by atoms with Gasteiger partial charge >= 0.3 is 12.5 Å². The third-order valence-corrected chi connectivity index (χ3v) is 3.24. The third kappa shape index (κ3) is 7.91. The van der Waals surface area contributed by atoms with E-state index in [1.807, 2.05) is 0 Å². The minimum atomic E-state index is -4.75. The maximum Gasteiger partial charge on any atom is 0.573 e. The Morgan fingerprint density at radius 3 is 2.28 bits per heavy atom. The van der Waals surface area contributed by atoms with Gasteiger partial charge in [-0.05, 0) is 62.4 Å².